The molecule has 1 saturated heterocycles. The van der Waals surface area contributed by atoms with E-state index >= 15 is 0 Å². The van der Waals surface area contributed by atoms with Crippen molar-refractivity contribution in [2.45, 2.75) is 89.5 Å². The molecule has 11 nitrogen and oxygen atoms in total. The van der Waals surface area contributed by atoms with Crippen molar-refractivity contribution in [1.82, 2.24) is 25.1 Å². The Bertz CT molecular complexity index is 1870. The summed E-state index contributed by atoms with van der Waals surface area (Å²) in [6, 6.07) is 8.17. The fraction of sp³-hybridized carbons (Fsp3) is 0.526. The summed E-state index contributed by atoms with van der Waals surface area (Å²) >= 11 is 0. The zero-order chi connectivity index (χ0) is 39.6. The second-order valence-corrected chi connectivity index (χ2v) is 20.7. The second kappa shape index (κ2) is 15.9. The lowest BCUT2D eigenvalue weighted by molar-refractivity contribution is -0.145. The largest absolute Gasteiger partial charge is 0.481 e. The first-order valence-corrected chi connectivity index (χ1v) is 20.8. The van der Waals surface area contributed by atoms with E-state index in [9.17, 15) is 32.3 Å². The number of piperazine rings is 1. The molecule has 1 aliphatic rings. The SMILES string of the molecule is CC(C)(c1ncc(-c2ccc(F)cc2)o1)N1CCN(C[C@H](C[C@@H](Cc2cc3cnccc3o2)C(=O)O)O[Si](C)(C)C(C)(C)C)[C@H](C(=O)NCC(F)(F)F)C1. The third-order valence-electron chi connectivity index (χ3n) is 10.6. The predicted octanol–water partition coefficient (Wildman–Crippen LogP) is 7.25. The van der Waals surface area contributed by atoms with Crippen molar-refractivity contribution < 1.29 is 45.5 Å². The fourth-order valence-corrected chi connectivity index (χ4v) is 7.78. The predicted molar refractivity (Wildman–Crippen MR) is 196 cm³/mol. The molecule has 54 heavy (non-hydrogen) atoms. The molecular weight excluding hydrogens is 727 g/mol. The summed E-state index contributed by atoms with van der Waals surface area (Å²) in [4.78, 5) is 38.7. The van der Waals surface area contributed by atoms with E-state index in [-0.39, 0.29) is 37.5 Å². The van der Waals surface area contributed by atoms with E-state index in [1.165, 1.54) is 18.3 Å². The first-order chi connectivity index (χ1) is 25.1. The molecule has 1 amide bonds. The number of rotatable bonds is 14. The molecule has 294 valence electrons. The van der Waals surface area contributed by atoms with Crippen LogP contribution >= 0.6 is 0 Å². The van der Waals surface area contributed by atoms with Gasteiger partial charge in [-0.1, -0.05) is 20.8 Å². The van der Waals surface area contributed by atoms with Gasteiger partial charge in [-0.25, -0.2) is 9.37 Å². The molecule has 0 radical (unpaired) electrons. The maximum absolute atomic E-state index is 13.7. The van der Waals surface area contributed by atoms with Gasteiger partial charge in [0.15, 0.2) is 14.1 Å². The van der Waals surface area contributed by atoms with Gasteiger partial charge < -0.3 is 23.7 Å². The number of carbonyl (C=O) groups excluding carboxylic acids is 1. The van der Waals surface area contributed by atoms with Crippen LogP contribution in [0, 0.1) is 11.7 Å². The minimum atomic E-state index is -4.63. The summed E-state index contributed by atoms with van der Waals surface area (Å²) in [5, 5.41) is 13.0. The van der Waals surface area contributed by atoms with Crippen LogP contribution in [0.3, 0.4) is 0 Å². The number of hydrogen-bond acceptors (Lipinski definition) is 9. The summed E-state index contributed by atoms with van der Waals surface area (Å²) in [6.45, 7) is 13.2. The third kappa shape index (κ3) is 9.94. The number of alkyl halides is 3. The number of furan rings is 1. The van der Waals surface area contributed by atoms with Crippen LogP contribution in [-0.4, -0.2) is 96.1 Å². The first-order valence-electron chi connectivity index (χ1n) is 17.9. The average Bonchev–Trinajstić information content (AvgIpc) is 3.74. The highest BCUT2D eigenvalue weighted by Gasteiger charge is 2.45. The Morgan fingerprint density at radius 1 is 1.06 bits per heavy atom. The number of benzene rings is 1. The highest BCUT2D eigenvalue weighted by Crippen LogP contribution is 2.39. The Hall–Kier alpha value is -4.12. The molecule has 5 rings (SSSR count). The van der Waals surface area contributed by atoms with Crippen molar-refractivity contribution >= 4 is 31.2 Å². The molecule has 0 spiro atoms. The van der Waals surface area contributed by atoms with Crippen LogP contribution in [0.1, 0.15) is 52.7 Å². The number of carbonyl (C=O) groups is 2. The quantitative estimate of drug-likeness (QED) is 0.0997. The number of amides is 1. The van der Waals surface area contributed by atoms with Crippen molar-refractivity contribution in [2.24, 2.45) is 5.92 Å². The molecule has 0 bridgehead atoms. The molecule has 16 heteroatoms. The minimum Gasteiger partial charge on any atom is -0.481 e. The van der Waals surface area contributed by atoms with Crippen molar-refractivity contribution in [1.29, 1.82) is 0 Å². The lowest BCUT2D eigenvalue weighted by atomic mass is 9.95. The highest BCUT2D eigenvalue weighted by atomic mass is 28.4. The van der Waals surface area contributed by atoms with Gasteiger partial charge in [0.05, 0.1) is 23.8 Å². The van der Waals surface area contributed by atoms with E-state index in [0.717, 1.165) is 5.39 Å². The Morgan fingerprint density at radius 2 is 1.76 bits per heavy atom. The summed E-state index contributed by atoms with van der Waals surface area (Å²) in [6.07, 6.45) is -0.404. The van der Waals surface area contributed by atoms with Crippen LogP contribution in [0.4, 0.5) is 17.6 Å². The van der Waals surface area contributed by atoms with Gasteiger partial charge >= 0.3 is 12.1 Å². The summed E-state index contributed by atoms with van der Waals surface area (Å²) < 4.78 is 72.5. The van der Waals surface area contributed by atoms with Crippen LogP contribution in [-0.2, 0) is 26.0 Å². The average molecular weight is 776 g/mol. The van der Waals surface area contributed by atoms with E-state index in [1.54, 1.807) is 41.6 Å². The molecule has 4 aromatic rings. The number of aliphatic carboxylic acids is 1. The monoisotopic (exact) mass is 775 g/mol. The van der Waals surface area contributed by atoms with E-state index in [0.29, 0.717) is 35.1 Å². The molecule has 1 aromatic carbocycles. The zero-order valence-electron chi connectivity index (χ0n) is 31.7. The number of fused-ring (bicyclic) bond motifs is 1. The Balaban J connectivity index is 1.41. The number of oxazole rings is 1. The van der Waals surface area contributed by atoms with Gasteiger partial charge in [0.1, 0.15) is 29.7 Å². The molecule has 3 atom stereocenters. The second-order valence-electron chi connectivity index (χ2n) is 16.0. The molecule has 2 N–H and O–H groups in total. The number of nitrogens with one attached hydrogen (secondary N) is 1. The lowest BCUT2D eigenvalue weighted by Gasteiger charge is -2.47. The van der Waals surface area contributed by atoms with Gasteiger partial charge in [0.25, 0.3) is 0 Å². The molecule has 4 heterocycles. The molecule has 0 aliphatic carbocycles. The van der Waals surface area contributed by atoms with Crippen LogP contribution in [0.5, 0.6) is 0 Å². The third-order valence-corrected chi connectivity index (χ3v) is 15.2. The standard InChI is InChI=1S/C38H49F4N5O6Si/c1-36(2,3)54(6,7)53-29(17-25(34(49)50)16-28-18-26-19-43-13-12-31(26)51-28)21-46-14-15-47(22-30(46)33(48)45-23-38(40,41)42)37(4,5)35-44-20-32(52-35)24-8-10-27(39)11-9-24/h8-13,18-20,25,29-30H,14-17,21-23H2,1-7H3,(H,45,48)(H,49,50)/t25-,29+,30+/m1/s1. The molecule has 3 aromatic heterocycles. The number of pyridine rings is 1. The van der Waals surface area contributed by atoms with Gasteiger partial charge in [-0.05, 0) is 74.8 Å². The summed E-state index contributed by atoms with van der Waals surface area (Å²) in [5.74, 6) is -1.98. The normalized spacial score (nSPS) is 17.8. The van der Waals surface area contributed by atoms with Gasteiger partial charge in [0, 0.05) is 55.9 Å². The number of nitrogens with zero attached hydrogens (tertiary/aromatic N) is 4. The number of aromatic nitrogens is 2. The van der Waals surface area contributed by atoms with Gasteiger partial charge in [-0.3, -0.25) is 24.4 Å². The number of hydrogen-bond donors (Lipinski definition) is 2. The topological polar surface area (TPSA) is 134 Å². The molecule has 1 fully saturated rings. The number of carboxylic acids is 1. The molecule has 0 unspecified atom stereocenters. The smallest absolute Gasteiger partial charge is 0.405 e. The first kappa shape index (κ1) is 41.0. The van der Waals surface area contributed by atoms with Crippen molar-refractivity contribution in [3.63, 3.8) is 0 Å². The molecule has 1 aliphatic heterocycles. The van der Waals surface area contributed by atoms with Gasteiger partial charge in [-0.15, -0.1) is 0 Å². The van der Waals surface area contributed by atoms with Gasteiger partial charge in [-0.2, -0.15) is 13.2 Å². The Kier molecular flexibility index (Phi) is 12.1. The minimum absolute atomic E-state index is 0.0210. The van der Waals surface area contributed by atoms with Gasteiger partial charge in [0.2, 0.25) is 11.8 Å². The van der Waals surface area contributed by atoms with Crippen molar-refractivity contribution in [3.05, 3.63) is 72.5 Å². The Labute approximate surface area is 313 Å². The van der Waals surface area contributed by atoms with Crippen LogP contribution < -0.4 is 5.32 Å². The van der Waals surface area contributed by atoms with Crippen LogP contribution in [0.25, 0.3) is 22.3 Å². The zero-order valence-corrected chi connectivity index (χ0v) is 32.7. The highest BCUT2D eigenvalue weighted by molar-refractivity contribution is 6.74. The summed E-state index contributed by atoms with van der Waals surface area (Å²) in [5.41, 5.74) is 0.300. The maximum atomic E-state index is 13.7. The number of carboxylic acid groups (broad SMARTS) is 1. The van der Waals surface area contributed by atoms with Crippen molar-refractivity contribution in [2.75, 3.05) is 32.7 Å². The molecule has 0 saturated carbocycles. The van der Waals surface area contributed by atoms with E-state index in [2.05, 4.69) is 36.1 Å². The summed E-state index contributed by atoms with van der Waals surface area (Å²) in [7, 11) is -2.53. The van der Waals surface area contributed by atoms with Crippen molar-refractivity contribution in [3.8, 4) is 11.3 Å². The number of halogens is 4. The fourth-order valence-electron chi connectivity index (χ4n) is 6.43. The maximum Gasteiger partial charge on any atom is 0.405 e. The van der Waals surface area contributed by atoms with E-state index in [4.69, 9.17) is 13.3 Å². The van der Waals surface area contributed by atoms with E-state index < -0.39 is 62.3 Å². The van der Waals surface area contributed by atoms with E-state index in [1.807, 2.05) is 31.8 Å². The van der Waals surface area contributed by atoms with Crippen LogP contribution in [0.2, 0.25) is 18.1 Å². The van der Waals surface area contributed by atoms with Crippen LogP contribution in [0.15, 0.2) is 63.8 Å². The molecular formula is C38H49F4N5O6Si. The Morgan fingerprint density at radius 3 is 2.39 bits per heavy atom. The lowest BCUT2D eigenvalue weighted by Crippen LogP contribution is -2.64.